The maximum Gasteiger partial charge on any atom is 0.252 e. The molecule has 0 aromatic carbocycles. The highest BCUT2D eigenvalue weighted by molar-refractivity contribution is 6.09. The van der Waals surface area contributed by atoms with Gasteiger partial charge >= 0.3 is 0 Å². The molecule has 2 aromatic rings. The van der Waals surface area contributed by atoms with Gasteiger partial charge in [0.05, 0.1) is 11.4 Å². The van der Waals surface area contributed by atoms with Crippen molar-refractivity contribution < 1.29 is 8.78 Å². The Kier molecular flexibility index (Phi) is 4.36. The number of halogens is 2. The Morgan fingerprint density at radius 1 is 1.14 bits per heavy atom. The lowest BCUT2D eigenvalue weighted by atomic mass is 9.78. The van der Waals surface area contributed by atoms with E-state index < -0.39 is 5.92 Å². The van der Waals surface area contributed by atoms with Gasteiger partial charge < -0.3 is 0 Å². The predicted molar refractivity (Wildman–Crippen MR) is 104 cm³/mol. The molecule has 0 saturated carbocycles. The van der Waals surface area contributed by atoms with Crippen LogP contribution >= 0.6 is 0 Å². The smallest absolute Gasteiger partial charge is 0.252 e. The number of fused-ring (bicyclic) bond motifs is 1. The second kappa shape index (κ2) is 6.50. The van der Waals surface area contributed by atoms with E-state index >= 15 is 0 Å². The molecule has 28 heavy (non-hydrogen) atoms. The highest BCUT2D eigenvalue weighted by atomic mass is 19.3. The van der Waals surface area contributed by atoms with Gasteiger partial charge in [-0.15, -0.1) is 5.10 Å². The third-order valence-electron chi connectivity index (χ3n) is 5.18. The average Bonchev–Trinajstić information content (AvgIpc) is 3.13. The summed E-state index contributed by atoms with van der Waals surface area (Å²) in [6.07, 6.45) is 1.50. The minimum Gasteiger partial charge on any atom is -0.262 e. The van der Waals surface area contributed by atoms with E-state index in [1.807, 2.05) is 19.1 Å². The average molecular weight is 383 g/mol. The summed E-state index contributed by atoms with van der Waals surface area (Å²) in [5.74, 6) is -2.74. The zero-order valence-corrected chi connectivity index (χ0v) is 16.6. The van der Waals surface area contributed by atoms with Crippen molar-refractivity contribution in [2.24, 2.45) is 15.4 Å². The summed E-state index contributed by atoms with van der Waals surface area (Å²) in [7, 11) is 0. The number of hydrogen-bond acceptors (Lipinski definition) is 5. The van der Waals surface area contributed by atoms with Crippen LogP contribution in [-0.4, -0.2) is 28.1 Å². The van der Waals surface area contributed by atoms with Crippen molar-refractivity contribution >= 4 is 5.71 Å². The fourth-order valence-electron chi connectivity index (χ4n) is 3.91. The van der Waals surface area contributed by atoms with E-state index in [1.165, 1.54) is 0 Å². The number of alkyl halides is 2. The first kappa shape index (κ1) is 18.8. The molecule has 0 fully saturated rings. The van der Waals surface area contributed by atoms with Crippen molar-refractivity contribution in [1.29, 1.82) is 0 Å². The van der Waals surface area contributed by atoms with Crippen LogP contribution in [0.3, 0.4) is 0 Å². The number of nitrogens with zero attached hydrogens (tertiary/aromatic N) is 5. The predicted octanol–water partition coefficient (Wildman–Crippen LogP) is 5.04. The number of hydrogen-bond donors (Lipinski definition) is 0. The van der Waals surface area contributed by atoms with Crippen LogP contribution in [0.1, 0.15) is 55.4 Å². The van der Waals surface area contributed by atoms with Gasteiger partial charge in [-0.25, -0.2) is 8.78 Å². The largest absolute Gasteiger partial charge is 0.262 e. The van der Waals surface area contributed by atoms with Crippen LogP contribution in [0.5, 0.6) is 0 Å². The second-order valence-corrected chi connectivity index (χ2v) is 8.54. The maximum absolute atomic E-state index is 14.4. The van der Waals surface area contributed by atoms with Gasteiger partial charge in [-0.3, -0.25) is 9.97 Å². The fraction of sp³-hybridized carbons (Fsp3) is 0.476. The molecule has 4 rings (SSSR count). The van der Waals surface area contributed by atoms with Crippen LogP contribution in [0.4, 0.5) is 8.78 Å². The van der Waals surface area contributed by atoms with E-state index in [9.17, 15) is 8.78 Å². The second-order valence-electron chi connectivity index (χ2n) is 8.54. The molecule has 0 saturated heterocycles. The summed E-state index contributed by atoms with van der Waals surface area (Å²) in [6, 6.07) is 3.80. The molecular formula is C21H23F2N5. The molecule has 0 atom stereocenters. The molecule has 1 aliphatic carbocycles. The van der Waals surface area contributed by atoms with E-state index in [-0.39, 0.29) is 24.7 Å². The van der Waals surface area contributed by atoms with E-state index in [0.717, 1.165) is 33.8 Å². The lowest BCUT2D eigenvalue weighted by Crippen LogP contribution is -2.31. The van der Waals surface area contributed by atoms with Crippen LogP contribution in [-0.2, 0) is 18.3 Å². The molecule has 0 N–H and O–H groups in total. The van der Waals surface area contributed by atoms with Gasteiger partial charge in [-0.2, -0.15) is 5.11 Å². The molecule has 3 heterocycles. The SMILES string of the molecule is Cc1cc(-c2c3c(nc(C(C)(C)C)c2C2=NN=NC2)CCC(F)(F)C3)ccn1. The molecule has 0 unspecified atom stereocenters. The zero-order chi connectivity index (χ0) is 20.1. The molecule has 0 bridgehead atoms. The van der Waals surface area contributed by atoms with Crippen LogP contribution in [0, 0.1) is 6.92 Å². The fourth-order valence-corrected chi connectivity index (χ4v) is 3.91. The lowest BCUT2D eigenvalue weighted by Gasteiger charge is -2.31. The van der Waals surface area contributed by atoms with Crippen molar-refractivity contribution in [3.05, 3.63) is 46.5 Å². The van der Waals surface area contributed by atoms with Gasteiger partial charge in [0.15, 0.2) is 0 Å². The minimum absolute atomic E-state index is 0.170. The standard InChI is InChI=1S/C21H23F2N5/c1-12-9-13(6-8-24-12)17-14-10-21(22,23)7-5-15(14)26-19(20(2,3)4)18(17)16-11-25-28-27-16/h6,8-9H,5,7,10-11H2,1-4H3. The van der Waals surface area contributed by atoms with E-state index in [0.29, 0.717) is 17.8 Å². The van der Waals surface area contributed by atoms with Crippen LogP contribution in [0.15, 0.2) is 33.8 Å². The highest BCUT2D eigenvalue weighted by Gasteiger charge is 2.39. The number of pyridine rings is 2. The van der Waals surface area contributed by atoms with Gasteiger partial charge in [0.1, 0.15) is 6.54 Å². The van der Waals surface area contributed by atoms with Gasteiger partial charge in [0, 0.05) is 41.4 Å². The van der Waals surface area contributed by atoms with Gasteiger partial charge in [0.2, 0.25) is 0 Å². The number of rotatable bonds is 2. The van der Waals surface area contributed by atoms with Crippen LogP contribution < -0.4 is 0 Å². The summed E-state index contributed by atoms with van der Waals surface area (Å²) >= 11 is 0. The Labute approximate surface area is 163 Å². The summed E-state index contributed by atoms with van der Waals surface area (Å²) in [4.78, 5) is 9.16. The normalized spacial score (nSPS) is 18.1. The Balaban J connectivity index is 2.09. The third kappa shape index (κ3) is 3.34. The zero-order valence-electron chi connectivity index (χ0n) is 16.6. The van der Waals surface area contributed by atoms with Crippen LogP contribution in [0.2, 0.25) is 0 Å². The van der Waals surface area contributed by atoms with Crippen molar-refractivity contribution in [1.82, 2.24) is 9.97 Å². The van der Waals surface area contributed by atoms with E-state index in [1.54, 1.807) is 6.20 Å². The molecule has 0 radical (unpaired) electrons. The summed E-state index contributed by atoms with van der Waals surface area (Å²) in [6.45, 7) is 8.46. The Hall–Kier alpha value is -2.57. The molecule has 0 amide bonds. The Morgan fingerprint density at radius 3 is 2.57 bits per heavy atom. The summed E-state index contributed by atoms with van der Waals surface area (Å²) in [5, 5.41) is 12.0. The number of aryl methyl sites for hydroxylation is 2. The molecule has 5 nitrogen and oxygen atoms in total. The van der Waals surface area contributed by atoms with Gasteiger partial charge in [0.25, 0.3) is 5.92 Å². The quantitative estimate of drug-likeness (QED) is 0.729. The first-order chi connectivity index (χ1) is 13.2. The first-order valence-electron chi connectivity index (χ1n) is 9.46. The van der Waals surface area contributed by atoms with Crippen LogP contribution in [0.25, 0.3) is 11.1 Å². The molecule has 0 spiro atoms. The molecule has 7 heteroatoms. The van der Waals surface area contributed by atoms with Gasteiger partial charge in [-0.05, 0) is 47.4 Å². The van der Waals surface area contributed by atoms with E-state index in [2.05, 4.69) is 41.2 Å². The monoisotopic (exact) mass is 383 g/mol. The molecular weight excluding hydrogens is 360 g/mol. The van der Waals surface area contributed by atoms with Crippen molar-refractivity contribution in [3.8, 4) is 11.1 Å². The van der Waals surface area contributed by atoms with Crippen molar-refractivity contribution in [2.75, 3.05) is 6.54 Å². The van der Waals surface area contributed by atoms with E-state index in [4.69, 9.17) is 4.98 Å². The maximum atomic E-state index is 14.4. The summed E-state index contributed by atoms with van der Waals surface area (Å²) < 4.78 is 28.8. The topological polar surface area (TPSA) is 62.9 Å². The van der Waals surface area contributed by atoms with Crippen molar-refractivity contribution in [2.45, 2.75) is 58.3 Å². The molecule has 2 aliphatic rings. The Bertz CT molecular complexity index is 1000. The third-order valence-corrected chi connectivity index (χ3v) is 5.18. The first-order valence-corrected chi connectivity index (χ1v) is 9.46. The van der Waals surface area contributed by atoms with Crippen molar-refractivity contribution in [3.63, 3.8) is 0 Å². The Morgan fingerprint density at radius 2 is 1.93 bits per heavy atom. The molecule has 2 aromatic heterocycles. The van der Waals surface area contributed by atoms with Gasteiger partial charge in [-0.1, -0.05) is 20.8 Å². The number of aromatic nitrogens is 2. The lowest BCUT2D eigenvalue weighted by molar-refractivity contribution is -0.0127. The highest BCUT2D eigenvalue weighted by Crippen LogP contribution is 2.42. The molecule has 1 aliphatic heterocycles. The molecule has 146 valence electrons. The summed E-state index contributed by atoms with van der Waals surface area (Å²) in [5.41, 5.74) is 5.88. The minimum atomic E-state index is -2.74.